The van der Waals surface area contributed by atoms with Gasteiger partial charge in [0.2, 0.25) is 0 Å². The highest BCUT2D eigenvalue weighted by Crippen LogP contribution is 2.34. The van der Waals surface area contributed by atoms with Crippen molar-refractivity contribution in [3.8, 4) is 17.2 Å². The number of benzene rings is 1. The van der Waals surface area contributed by atoms with E-state index in [0.29, 0.717) is 23.1 Å². The zero-order valence-electron chi connectivity index (χ0n) is 11.2. The van der Waals surface area contributed by atoms with E-state index in [4.69, 9.17) is 15.2 Å². The first-order valence-corrected chi connectivity index (χ1v) is 6.30. The third-order valence-electron chi connectivity index (χ3n) is 2.79. The summed E-state index contributed by atoms with van der Waals surface area (Å²) in [5, 5.41) is 0. The number of anilines is 1. The minimum atomic E-state index is 0.363. The highest BCUT2D eigenvalue weighted by atomic mass is 16.5. The van der Waals surface area contributed by atoms with Crippen LogP contribution in [-0.2, 0) is 6.42 Å². The summed E-state index contributed by atoms with van der Waals surface area (Å²) < 4.78 is 11.1. The summed E-state index contributed by atoms with van der Waals surface area (Å²) in [4.78, 5) is 3.99. The van der Waals surface area contributed by atoms with Crippen molar-refractivity contribution in [2.75, 3.05) is 12.8 Å². The van der Waals surface area contributed by atoms with Gasteiger partial charge in [-0.2, -0.15) is 0 Å². The lowest BCUT2D eigenvalue weighted by Crippen LogP contribution is -1.96. The number of ether oxygens (including phenoxy) is 2. The lowest BCUT2D eigenvalue weighted by Gasteiger charge is -2.12. The van der Waals surface area contributed by atoms with E-state index < -0.39 is 0 Å². The molecule has 4 heteroatoms. The van der Waals surface area contributed by atoms with Gasteiger partial charge in [-0.1, -0.05) is 19.4 Å². The Bertz CT molecular complexity index is 556. The van der Waals surface area contributed by atoms with Crippen LogP contribution < -0.4 is 15.2 Å². The van der Waals surface area contributed by atoms with Gasteiger partial charge in [0.15, 0.2) is 23.1 Å². The molecule has 0 aliphatic heterocycles. The van der Waals surface area contributed by atoms with Crippen LogP contribution >= 0.6 is 0 Å². The third-order valence-corrected chi connectivity index (χ3v) is 2.79. The number of hydrogen-bond donors (Lipinski definition) is 1. The Kier molecular flexibility index (Phi) is 4.23. The van der Waals surface area contributed by atoms with Gasteiger partial charge in [-0.25, -0.2) is 4.98 Å². The summed E-state index contributed by atoms with van der Waals surface area (Å²) >= 11 is 0. The van der Waals surface area contributed by atoms with Crippen molar-refractivity contribution in [2.24, 2.45) is 0 Å². The number of nitrogen functional groups attached to an aromatic ring is 1. The number of aromatic nitrogens is 1. The third kappa shape index (κ3) is 3.16. The Labute approximate surface area is 113 Å². The zero-order valence-corrected chi connectivity index (χ0v) is 11.2. The minimum Gasteiger partial charge on any atom is -0.493 e. The summed E-state index contributed by atoms with van der Waals surface area (Å²) in [6.45, 7) is 2.15. The fraction of sp³-hybridized carbons (Fsp3) is 0.267. The van der Waals surface area contributed by atoms with Gasteiger partial charge < -0.3 is 15.2 Å². The molecule has 1 aromatic carbocycles. The van der Waals surface area contributed by atoms with Crippen LogP contribution in [0.5, 0.6) is 17.2 Å². The molecule has 2 N–H and O–H groups in total. The second kappa shape index (κ2) is 6.09. The average molecular weight is 258 g/mol. The molecule has 100 valence electrons. The quantitative estimate of drug-likeness (QED) is 0.892. The Morgan fingerprint density at radius 1 is 1.16 bits per heavy atom. The Morgan fingerprint density at radius 3 is 2.68 bits per heavy atom. The van der Waals surface area contributed by atoms with Crippen LogP contribution in [0.2, 0.25) is 0 Å². The van der Waals surface area contributed by atoms with E-state index in [-0.39, 0.29) is 0 Å². The maximum absolute atomic E-state index is 5.76. The van der Waals surface area contributed by atoms with Gasteiger partial charge in [0, 0.05) is 6.20 Å². The standard InChI is InChI=1S/C15H18N2O2/c1-3-5-11-7-8-12(14(10-11)18-2)19-13-6-4-9-17-15(13)16/h4,6-10H,3,5H2,1-2H3,(H2,16,17). The first kappa shape index (κ1) is 13.2. The molecule has 0 radical (unpaired) electrons. The molecule has 0 amide bonds. The van der Waals surface area contributed by atoms with Gasteiger partial charge in [0.1, 0.15) is 0 Å². The largest absolute Gasteiger partial charge is 0.493 e. The highest BCUT2D eigenvalue weighted by molar-refractivity contribution is 5.51. The van der Waals surface area contributed by atoms with Gasteiger partial charge in [0.25, 0.3) is 0 Å². The summed E-state index contributed by atoms with van der Waals surface area (Å²) in [6.07, 6.45) is 3.74. The van der Waals surface area contributed by atoms with Gasteiger partial charge in [-0.15, -0.1) is 0 Å². The zero-order chi connectivity index (χ0) is 13.7. The molecule has 0 unspecified atom stereocenters. The van der Waals surface area contributed by atoms with Crippen LogP contribution in [0.3, 0.4) is 0 Å². The number of pyridine rings is 1. The molecule has 0 bridgehead atoms. The topological polar surface area (TPSA) is 57.4 Å². The molecule has 1 heterocycles. The van der Waals surface area contributed by atoms with Gasteiger partial charge in [-0.05, 0) is 36.2 Å². The van der Waals surface area contributed by atoms with Gasteiger partial charge >= 0.3 is 0 Å². The van der Waals surface area contributed by atoms with Crippen molar-refractivity contribution >= 4 is 5.82 Å². The number of nitrogens with two attached hydrogens (primary N) is 1. The summed E-state index contributed by atoms with van der Waals surface area (Å²) in [6, 6.07) is 9.49. The summed E-state index contributed by atoms with van der Waals surface area (Å²) in [7, 11) is 1.63. The molecule has 0 aliphatic carbocycles. The smallest absolute Gasteiger partial charge is 0.169 e. The molecule has 2 rings (SSSR count). The number of nitrogens with zero attached hydrogens (tertiary/aromatic N) is 1. The average Bonchev–Trinajstić information content (AvgIpc) is 2.43. The Morgan fingerprint density at radius 2 is 2.00 bits per heavy atom. The molecule has 2 aromatic rings. The van der Waals surface area contributed by atoms with Crippen LogP contribution in [0.4, 0.5) is 5.82 Å². The maximum Gasteiger partial charge on any atom is 0.169 e. The predicted octanol–water partition coefficient (Wildman–Crippen LogP) is 3.42. The molecular formula is C15H18N2O2. The van der Waals surface area contributed by atoms with Crippen molar-refractivity contribution in [3.05, 3.63) is 42.1 Å². The van der Waals surface area contributed by atoms with E-state index in [1.807, 2.05) is 18.2 Å². The van der Waals surface area contributed by atoms with E-state index in [2.05, 4.69) is 11.9 Å². The first-order chi connectivity index (χ1) is 9.24. The number of aryl methyl sites for hydroxylation is 1. The van der Waals surface area contributed by atoms with Crippen LogP contribution in [-0.4, -0.2) is 12.1 Å². The SMILES string of the molecule is CCCc1ccc(Oc2cccnc2N)c(OC)c1. The monoisotopic (exact) mass is 258 g/mol. The molecule has 0 fully saturated rings. The molecule has 0 saturated carbocycles. The summed E-state index contributed by atoms with van der Waals surface area (Å²) in [5.74, 6) is 2.24. The van der Waals surface area contributed by atoms with E-state index in [1.165, 1.54) is 5.56 Å². The molecule has 0 saturated heterocycles. The molecular weight excluding hydrogens is 240 g/mol. The van der Waals surface area contributed by atoms with Crippen LogP contribution in [0.15, 0.2) is 36.5 Å². The van der Waals surface area contributed by atoms with Crippen LogP contribution in [0.25, 0.3) is 0 Å². The van der Waals surface area contributed by atoms with Crippen LogP contribution in [0, 0.1) is 0 Å². The molecule has 0 spiro atoms. The fourth-order valence-corrected chi connectivity index (χ4v) is 1.85. The lowest BCUT2D eigenvalue weighted by atomic mass is 10.1. The lowest BCUT2D eigenvalue weighted by molar-refractivity contribution is 0.378. The van der Waals surface area contributed by atoms with Gasteiger partial charge in [0.05, 0.1) is 7.11 Å². The second-order valence-electron chi connectivity index (χ2n) is 4.22. The first-order valence-electron chi connectivity index (χ1n) is 6.30. The molecule has 0 aliphatic rings. The minimum absolute atomic E-state index is 0.363. The predicted molar refractivity (Wildman–Crippen MR) is 75.7 cm³/mol. The number of rotatable bonds is 5. The molecule has 4 nitrogen and oxygen atoms in total. The fourth-order valence-electron chi connectivity index (χ4n) is 1.85. The number of methoxy groups -OCH3 is 1. The van der Waals surface area contributed by atoms with Crippen molar-refractivity contribution in [1.29, 1.82) is 0 Å². The molecule has 1 aromatic heterocycles. The Hall–Kier alpha value is -2.23. The van der Waals surface area contributed by atoms with Gasteiger partial charge in [-0.3, -0.25) is 0 Å². The normalized spacial score (nSPS) is 10.2. The highest BCUT2D eigenvalue weighted by Gasteiger charge is 2.09. The van der Waals surface area contributed by atoms with E-state index >= 15 is 0 Å². The Balaban J connectivity index is 2.27. The van der Waals surface area contributed by atoms with Crippen molar-refractivity contribution in [3.63, 3.8) is 0 Å². The van der Waals surface area contributed by atoms with Crippen molar-refractivity contribution in [1.82, 2.24) is 4.98 Å². The molecule has 19 heavy (non-hydrogen) atoms. The van der Waals surface area contributed by atoms with E-state index in [1.54, 1.807) is 25.4 Å². The second-order valence-corrected chi connectivity index (χ2v) is 4.22. The van der Waals surface area contributed by atoms with E-state index in [0.717, 1.165) is 12.8 Å². The summed E-state index contributed by atoms with van der Waals surface area (Å²) in [5.41, 5.74) is 6.99. The van der Waals surface area contributed by atoms with Crippen molar-refractivity contribution < 1.29 is 9.47 Å². The van der Waals surface area contributed by atoms with Crippen LogP contribution in [0.1, 0.15) is 18.9 Å². The number of hydrogen-bond acceptors (Lipinski definition) is 4. The molecule has 0 atom stereocenters. The van der Waals surface area contributed by atoms with Crippen molar-refractivity contribution in [2.45, 2.75) is 19.8 Å². The van der Waals surface area contributed by atoms with E-state index in [9.17, 15) is 0 Å². The maximum atomic E-state index is 5.76.